The van der Waals surface area contributed by atoms with E-state index in [-0.39, 0.29) is 5.78 Å². The van der Waals surface area contributed by atoms with Crippen LogP contribution in [0.4, 0.5) is 0 Å². The lowest BCUT2D eigenvalue weighted by Crippen LogP contribution is -2.01. The van der Waals surface area contributed by atoms with Crippen LogP contribution in [0.5, 0.6) is 0 Å². The average molecular weight is 421 g/mol. The van der Waals surface area contributed by atoms with E-state index >= 15 is 0 Å². The third-order valence-corrected chi connectivity index (χ3v) is 4.22. The van der Waals surface area contributed by atoms with Gasteiger partial charge in [0, 0.05) is 19.2 Å². The van der Waals surface area contributed by atoms with E-state index in [2.05, 4.69) is 38.5 Å². The Balaban J connectivity index is 2.37. The molecule has 2 aromatic carbocycles. The Morgan fingerprint density at radius 3 is 2.24 bits per heavy atom. The molecule has 17 heavy (non-hydrogen) atoms. The number of halogens is 3. The Hall–Kier alpha value is -0.390. The van der Waals surface area contributed by atoms with E-state index in [1.165, 1.54) is 0 Å². The zero-order valence-electron chi connectivity index (χ0n) is 8.58. The van der Waals surface area contributed by atoms with Crippen molar-refractivity contribution >= 4 is 55.9 Å². The zero-order valence-corrected chi connectivity index (χ0v) is 13.1. The molecule has 0 unspecified atom stereocenters. The summed E-state index contributed by atoms with van der Waals surface area (Å²) in [5.41, 5.74) is 1.31. The van der Waals surface area contributed by atoms with E-state index in [1.54, 1.807) is 18.2 Å². The fraction of sp³-hybridized carbons (Fsp3) is 0. The van der Waals surface area contributed by atoms with Crippen LogP contribution in [0.25, 0.3) is 0 Å². The number of benzene rings is 2. The van der Waals surface area contributed by atoms with Gasteiger partial charge in [0.2, 0.25) is 0 Å². The van der Waals surface area contributed by atoms with Gasteiger partial charge in [0.05, 0.1) is 5.02 Å². The molecular weight excluding hydrogens is 414 g/mol. The summed E-state index contributed by atoms with van der Waals surface area (Å²) < 4.78 is 1.84. The van der Waals surface area contributed by atoms with E-state index in [1.807, 2.05) is 24.3 Å². The molecule has 0 radical (unpaired) electrons. The van der Waals surface area contributed by atoms with Gasteiger partial charge in [-0.25, -0.2) is 0 Å². The van der Waals surface area contributed by atoms with Gasteiger partial charge in [0.25, 0.3) is 0 Å². The number of rotatable bonds is 2. The number of carbonyl (C=O) groups excluding carboxylic acids is 1. The van der Waals surface area contributed by atoms with Crippen LogP contribution in [-0.4, -0.2) is 5.78 Å². The van der Waals surface area contributed by atoms with E-state index in [0.717, 1.165) is 8.04 Å². The lowest BCUT2D eigenvalue weighted by atomic mass is 10.0. The largest absolute Gasteiger partial charge is 0.289 e. The first-order chi connectivity index (χ1) is 8.08. The molecule has 0 saturated heterocycles. The molecule has 0 spiro atoms. The monoisotopic (exact) mass is 420 g/mol. The molecule has 0 aliphatic rings. The van der Waals surface area contributed by atoms with Gasteiger partial charge in [0.1, 0.15) is 0 Å². The molecule has 0 bridgehead atoms. The standard InChI is InChI=1S/C13H7BrClIO/c14-11-7-9(3-6-12(11)15)13(17)8-1-4-10(16)5-2-8/h1-7H. The van der Waals surface area contributed by atoms with Crippen LogP contribution in [0.3, 0.4) is 0 Å². The smallest absolute Gasteiger partial charge is 0.193 e. The number of hydrogen-bond donors (Lipinski definition) is 0. The summed E-state index contributed by atoms with van der Waals surface area (Å²) in [4.78, 5) is 12.2. The van der Waals surface area contributed by atoms with E-state index in [4.69, 9.17) is 11.6 Å². The van der Waals surface area contributed by atoms with Crippen LogP contribution >= 0.6 is 50.1 Å². The normalized spacial score (nSPS) is 10.3. The van der Waals surface area contributed by atoms with Gasteiger partial charge in [-0.1, -0.05) is 11.6 Å². The molecule has 4 heteroatoms. The Bertz CT molecular complexity index is 566. The van der Waals surface area contributed by atoms with Gasteiger partial charge >= 0.3 is 0 Å². The van der Waals surface area contributed by atoms with Crippen molar-refractivity contribution < 1.29 is 4.79 Å². The summed E-state index contributed by atoms with van der Waals surface area (Å²) in [5, 5.41) is 0.601. The fourth-order valence-electron chi connectivity index (χ4n) is 1.41. The molecule has 0 saturated carbocycles. The first-order valence-corrected chi connectivity index (χ1v) is 7.08. The third kappa shape index (κ3) is 3.09. The van der Waals surface area contributed by atoms with E-state index < -0.39 is 0 Å². The van der Waals surface area contributed by atoms with Crippen molar-refractivity contribution in [3.8, 4) is 0 Å². The van der Waals surface area contributed by atoms with E-state index in [9.17, 15) is 4.79 Å². The Morgan fingerprint density at radius 2 is 1.65 bits per heavy atom. The Kier molecular flexibility index (Phi) is 4.22. The molecule has 0 aliphatic heterocycles. The highest BCUT2D eigenvalue weighted by atomic mass is 127. The van der Waals surface area contributed by atoms with Crippen LogP contribution in [0.1, 0.15) is 15.9 Å². The maximum absolute atomic E-state index is 12.2. The number of hydrogen-bond acceptors (Lipinski definition) is 1. The summed E-state index contributed by atoms with van der Waals surface area (Å²) in [6, 6.07) is 12.7. The molecule has 2 aromatic rings. The Labute approximate surface area is 126 Å². The van der Waals surface area contributed by atoms with Crippen LogP contribution in [0.15, 0.2) is 46.9 Å². The molecule has 86 valence electrons. The predicted molar refractivity (Wildman–Crippen MR) is 81.7 cm³/mol. The fourth-order valence-corrected chi connectivity index (χ4v) is 2.26. The van der Waals surface area contributed by atoms with Crippen LogP contribution in [0, 0.1) is 3.57 Å². The topological polar surface area (TPSA) is 17.1 Å². The molecule has 0 amide bonds. The lowest BCUT2D eigenvalue weighted by molar-refractivity contribution is 0.103. The quantitative estimate of drug-likeness (QED) is 0.496. The van der Waals surface area contributed by atoms with Crippen molar-refractivity contribution in [1.29, 1.82) is 0 Å². The van der Waals surface area contributed by atoms with Gasteiger partial charge in [-0.15, -0.1) is 0 Å². The van der Waals surface area contributed by atoms with Crippen LogP contribution in [0.2, 0.25) is 5.02 Å². The summed E-state index contributed by atoms with van der Waals surface area (Å²) >= 11 is 11.4. The molecule has 0 fully saturated rings. The SMILES string of the molecule is O=C(c1ccc(I)cc1)c1ccc(Cl)c(Br)c1. The van der Waals surface area contributed by atoms with Crippen molar-refractivity contribution in [2.75, 3.05) is 0 Å². The molecule has 0 aromatic heterocycles. The maximum atomic E-state index is 12.2. The first-order valence-electron chi connectivity index (χ1n) is 4.83. The predicted octanol–water partition coefficient (Wildman–Crippen LogP) is 4.94. The summed E-state index contributed by atoms with van der Waals surface area (Å²) in [6.45, 7) is 0. The van der Waals surface area contributed by atoms with Gasteiger partial charge in [-0.2, -0.15) is 0 Å². The minimum atomic E-state index is -0.00114. The minimum absolute atomic E-state index is 0.00114. The third-order valence-electron chi connectivity index (χ3n) is 2.29. The second-order valence-corrected chi connectivity index (χ2v) is 5.97. The first kappa shape index (κ1) is 13.1. The minimum Gasteiger partial charge on any atom is -0.289 e. The number of carbonyl (C=O) groups is 1. The molecule has 0 atom stereocenters. The average Bonchev–Trinajstić information content (AvgIpc) is 2.33. The van der Waals surface area contributed by atoms with Crippen molar-refractivity contribution in [2.24, 2.45) is 0 Å². The molecular formula is C13H7BrClIO. The van der Waals surface area contributed by atoms with Crippen molar-refractivity contribution in [2.45, 2.75) is 0 Å². The highest BCUT2D eigenvalue weighted by molar-refractivity contribution is 14.1. The van der Waals surface area contributed by atoms with Crippen LogP contribution < -0.4 is 0 Å². The molecule has 2 rings (SSSR count). The molecule has 0 heterocycles. The van der Waals surface area contributed by atoms with Crippen molar-refractivity contribution in [1.82, 2.24) is 0 Å². The maximum Gasteiger partial charge on any atom is 0.193 e. The van der Waals surface area contributed by atoms with Crippen LogP contribution in [-0.2, 0) is 0 Å². The van der Waals surface area contributed by atoms with E-state index in [0.29, 0.717) is 16.1 Å². The van der Waals surface area contributed by atoms with Crippen molar-refractivity contribution in [3.63, 3.8) is 0 Å². The van der Waals surface area contributed by atoms with Crippen molar-refractivity contribution in [3.05, 3.63) is 66.7 Å². The second-order valence-electron chi connectivity index (χ2n) is 3.46. The van der Waals surface area contributed by atoms with Gasteiger partial charge < -0.3 is 0 Å². The molecule has 0 aliphatic carbocycles. The van der Waals surface area contributed by atoms with Gasteiger partial charge in [-0.05, 0) is 81.0 Å². The summed E-state index contributed by atoms with van der Waals surface area (Å²) in [7, 11) is 0. The highest BCUT2D eigenvalue weighted by Gasteiger charge is 2.10. The Morgan fingerprint density at radius 1 is 1.06 bits per heavy atom. The zero-order chi connectivity index (χ0) is 12.4. The highest BCUT2D eigenvalue weighted by Crippen LogP contribution is 2.24. The summed E-state index contributed by atoms with van der Waals surface area (Å²) in [5.74, 6) is -0.00114. The lowest BCUT2D eigenvalue weighted by Gasteiger charge is -2.03. The second kappa shape index (κ2) is 5.50. The number of ketones is 1. The summed E-state index contributed by atoms with van der Waals surface area (Å²) in [6.07, 6.45) is 0. The van der Waals surface area contributed by atoms with Gasteiger partial charge in [0.15, 0.2) is 5.78 Å². The van der Waals surface area contributed by atoms with Gasteiger partial charge in [-0.3, -0.25) is 4.79 Å². The molecule has 1 nitrogen and oxygen atoms in total. The molecule has 0 N–H and O–H groups in total.